The number of benzene rings is 1. The normalized spacial score (nSPS) is 10.2. The molecule has 0 fully saturated rings. The van der Waals surface area contributed by atoms with Crippen LogP contribution in [0.15, 0.2) is 30.4 Å². The molecule has 6 nitrogen and oxygen atoms in total. The first kappa shape index (κ1) is 14.4. The lowest BCUT2D eigenvalue weighted by Crippen LogP contribution is -2.20. The van der Waals surface area contributed by atoms with Crippen LogP contribution in [0.25, 0.3) is 0 Å². The number of aliphatic carboxylic acids is 1. The summed E-state index contributed by atoms with van der Waals surface area (Å²) in [4.78, 5) is 32.4. The summed E-state index contributed by atoms with van der Waals surface area (Å²) in [5.41, 5.74) is 1.92. The summed E-state index contributed by atoms with van der Waals surface area (Å²) in [6.07, 6.45) is 1.51. The molecule has 0 aliphatic rings. The molecule has 0 aliphatic carbocycles. The van der Waals surface area contributed by atoms with E-state index in [0.717, 1.165) is 11.6 Å². The molecule has 0 heterocycles. The third kappa shape index (κ3) is 5.03. The molecule has 1 aromatic carbocycles. The fourth-order valence-electron chi connectivity index (χ4n) is 1.40. The van der Waals surface area contributed by atoms with Gasteiger partial charge in [0.05, 0.1) is 5.97 Å². The average molecular weight is 261 g/mol. The highest BCUT2D eigenvalue weighted by atomic mass is 16.4. The molecule has 0 unspecified atom stereocenters. The number of amides is 2. The molecule has 0 aliphatic heterocycles. The van der Waals surface area contributed by atoms with Crippen LogP contribution in [-0.4, -0.2) is 17.8 Å². The van der Waals surface area contributed by atoms with Gasteiger partial charge in [-0.2, -0.15) is 0 Å². The first-order chi connectivity index (χ1) is 8.88. The van der Waals surface area contributed by atoms with E-state index in [-0.39, 0.29) is 5.91 Å². The van der Waals surface area contributed by atoms with Crippen LogP contribution in [0.4, 0.5) is 11.4 Å². The highest BCUT2D eigenvalue weighted by Crippen LogP contribution is 2.19. The number of carbonyl (C=O) groups excluding carboxylic acids is 3. The van der Waals surface area contributed by atoms with Gasteiger partial charge in [0.15, 0.2) is 0 Å². The maximum absolute atomic E-state index is 11.3. The third-order valence-corrected chi connectivity index (χ3v) is 2.18. The summed E-state index contributed by atoms with van der Waals surface area (Å²) < 4.78 is 0. The summed E-state index contributed by atoms with van der Waals surface area (Å²) in [5.74, 6) is -2.19. The lowest BCUT2D eigenvalue weighted by atomic mass is 10.1. The second-order valence-corrected chi connectivity index (χ2v) is 3.85. The molecule has 1 aromatic rings. The van der Waals surface area contributed by atoms with Crippen LogP contribution in [0.2, 0.25) is 0 Å². The summed E-state index contributed by atoms with van der Waals surface area (Å²) >= 11 is 0. The SMILES string of the molecule is CC(=O)Nc1ccc(NC(=O)C=CC(=O)[O-])cc1C. The van der Waals surface area contributed by atoms with E-state index in [4.69, 9.17) is 0 Å². The lowest BCUT2D eigenvalue weighted by Gasteiger charge is -2.09. The smallest absolute Gasteiger partial charge is 0.248 e. The quantitative estimate of drug-likeness (QED) is 0.756. The molecule has 0 aromatic heterocycles. The molecular formula is C13H13N2O4-. The van der Waals surface area contributed by atoms with E-state index in [0.29, 0.717) is 17.5 Å². The number of hydrogen-bond acceptors (Lipinski definition) is 4. The number of anilines is 2. The van der Waals surface area contributed by atoms with Gasteiger partial charge in [-0.25, -0.2) is 0 Å². The van der Waals surface area contributed by atoms with Crippen LogP contribution < -0.4 is 15.7 Å². The minimum Gasteiger partial charge on any atom is -0.545 e. The predicted molar refractivity (Wildman–Crippen MR) is 68.3 cm³/mol. The van der Waals surface area contributed by atoms with E-state index >= 15 is 0 Å². The summed E-state index contributed by atoms with van der Waals surface area (Å²) in [7, 11) is 0. The second kappa shape index (κ2) is 6.34. The zero-order valence-corrected chi connectivity index (χ0v) is 10.5. The molecule has 0 spiro atoms. The minimum atomic E-state index is -1.44. The van der Waals surface area contributed by atoms with Gasteiger partial charge in [0.25, 0.3) is 0 Å². The van der Waals surface area contributed by atoms with E-state index in [1.54, 1.807) is 25.1 Å². The van der Waals surface area contributed by atoms with Crippen molar-refractivity contribution < 1.29 is 19.5 Å². The molecule has 1 rings (SSSR count). The summed E-state index contributed by atoms with van der Waals surface area (Å²) in [6, 6.07) is 4.91. The van der Waals surface area contributed by atoms with Crippen molar-refractivity contribution in [2.24, 2.45) is 0 Å². The molecule has 0 saturated heterocycles. The zero-order valence-electron chi connectivity index (χ0n) is 10.5. The van der Waals surface area contributed by atoms with Crippen molar-refractivity contribution in [3.63, 3.8) is 0 Å². The number of rotatable bonds is 4. The van der Waals surface area contributed by atoms with Gasteiger partial charge in [-0.05, 0) is 36.8 Å². The van der Waals surface area contributed by atoms with E-state index in [2.05, 4.69) is 10.6 Å². The highest BCUT2D eigenvalue weighted by molar-refractivity contribution is 6.02. The van der Waals surface area contributed by atoms with E-state index in [9.17, 15) is 19.5 Å². The molecule has 2 amide bonds. The standard InChI is InChI=1S/C13H14N2O4/c1-8-7-10(3-4-11(8)14-9(2)16)15-12(17)5-6-13(18)19/h3-7H,1-2H3,(H,14,16)(H,15,17)(H,18,19)/p-1. The van der Waals surface area contributed by atoms with Crippen LogP contribution in [0, 0.1) is 6.92 Å². The molecule has 0 radical (unpaired) electrons. The number of carboxylic acids is 1. The van der Waals surface area contributed by atoms with Crippen molar-refractivity contribution in [1.82, 2.24) is 0 Å². The molecular weight excluding hydrogens is 248 g/mol. The first-order valence-electron chi connectivity index (χ1n) is 5.47. The number of aryl methyl sites for hydroxylation is 1. The van der Waals surface area contributed by atoms with Crippen molar-refractivity contribution in [2.45, 2.75) is 13.8 Å². The van der Waals surface area contributed by atoms with E-state index in [1.807, 2.05) is 0 Å². The number of carbonyl (C=O) groups is 3. The van der Waals surface area contributed by atoms with Crippen molar-refractivity contribution in [1.29, 1.82) is 0 Å². The average Bonchev–Trinajstić information content (AvgIpc) is 2.29. The van der Waals surface area contributed by atoms with Gasteiger partial charge in [0.1, 0.15) is 0 Å². The Morgan fingerprint density at radius 2 is 1.84 bits per heavy atom. The Hall–Kier alpha value is -2.63. The van der Waals surface area contributed by atoms with E-state index in [1.165, 1.54) is 6.92 Å². The fourth-order valence-corrected chi connectivity index (χ4v) is 1.40. The largest absolute Gasteiger partial charge is 0.545 e. The fraction of sp³-hybridized carbons (Fsp3) is 0.154. The van der Waals surface area contributed by atoms with Crippen molar-refractivity contribution in [3.05, 3.63) is 35.9 Å². The molecule has 0 atom stereocenters. The molecule has 2 N–H and O–H groups in total. The maximum Gasteiger partial charge on any atom is 0.248 e. The maximum atomic E-state index is 11.3. The van der Waals surface area contributed by atoms with Gasteiger partial charge in [-0.15, -0.1) is 0 Å². The van der Waals surface area contributed by atoms with E-state index < -0.39 is 11.9 Å². The van der Waals surface area contributed by atoms with Crippen LogP contribution in [0.5, 0.6) is 0 Å². The van der Waals surface area contributed by atoms with Crippen LogP contribution in [-0.2, 0) is 14.4 Å². The van der Waals surface area contributed by atoms with Crippen molar-refractivity contribution in [2.75, 3.05) is 10.6 Å². The van der Waals surface area contributed by atoms with Gasteiger partial charge in [0, 0.05) is 24.4 Å². The minimum absolute atomic E-state index is 0.184. The zero-order chi connectivity index (χ0) is 14.4. The Labute approximate surface area is 110 Å². The van der Waals surface area contributed by atoms with Gasteiger partial charge in [-0.3, -0.25) is 9.59 Å². The highest BCUT2D eigenvalue weighted by Gasteiger charge is 2.03. The first-order valence-corrected chi connectivity index (χ1v) is 5.47. The second-order valence-electron chi connectivity index (χ2n) is 3.85. The Morgan fingerprint density at radius 1 is 1.16 bits per heavy atom. The molecule has 0 bridgehead atoms. The summed E-state index contributed by atoms with van der Waals surface area (Å²) in [5, 5.41) is 15.3. The number of hydrogen-bond donors (Lipinski definition) is 2. The number of nitrogens with one attached hydrogen (secondary N) is 2. The molecule has 6 heteroatoms. The van der Waals surface area contributed by atoms with Crippen LogP contribution in [0.1, 0.15) is 12.5 Å². The Balaban J connectivity index is 2.76. The topological polar surface area (TPSA) is 98.3 Å². The van der Waals surface area contributed by atoms with Gasteiger partial charge < -0.3 is 20.5 Å². The third-order valence-electron chi connectivity index (χ3n) is 2.18. The lowest BCUT2D eigenvalue weighted by molar-refractivity contribution is -0.297. The Morgan fingerprint density at radius 3 is 2.37 bits per heavy atom. The van der Waals surface area contributed by atoms with Crippen LogP contribution >= 0.6 is 0 Å². The van der Waals surface area contributed by atoms with Crippen molar-refractivity contribution >= 4 is 29.2 Å². The summed E-state index contributed by atoms with van der Waals surface area (Å²) in [6.45, 7) is 3.18. The Kier molecular flexibility index (Phi) is 4.82. The monoisotopic (exact) mass is 261 g/mol. The van der Waals surface area contributed by atoms with Gasteiger partial charge in [-0.1, -0.05) is 0 Å². The molecule has 0 saturated carbocycles. The molecule has 100 valence electrons. The van der Waals surface area contributed by atoms with Gasteiger partial charge >= 0.3 is 0 Å². The van der Waals surface area contributed by atoms with Crippen LogP contribution in [0.3, 0.4) is 0 Å². The van der Waals surface area contributed by atoms with Gasteiger partial charge in [0.2, 0.25) is 11.8 Å². The number of carboxylic acid groups (broad SMARTS) is 1. The van der Waals surface area contributed by atoms with Crippen molar-refractivity contribution in [3.8, 4) is 0 Å². The molecule has 19 heavy (non-hydrogen) atoms. The predicted octanol–water partition coefficient (Wildman–Crippen LogP) is 0.198. The Bertz CT molecular complexity index is 550.